The lowest BCUT2D eigenvalue weighted by Crippen LogP contribution is -2.07. The highest BCUT2D eigenvalue weighted by molar-refractivity contribution is 5.77. The summed E-state index contributed by atoms with van der Waals surface area (Å²) in [6.45, 7) is 0. The number of H-pyrrole nitrogens is 2. The normalized spacial score (nSPS) is 10.8. The fourth-order valence-electron chi connectivity index (χ4n) is 1.95. The molecule has 4 nitrogen and oxygen atoms in total. The zero-order valence-electron chi connectivity index (χ0n) is 10.4. The summed E-state index contributed by atoms with van der Waals surface area (Å²) in [6, 6.07) is 10.3. The monoisotopic (exact) mass is 239 g/mol. The topological polar surface area (TPSA) is 46.1 Å². The van der Waals surface area contributed by atoms with Crippen molar-refractivity contribution >= 4 is 16.7 Å². The maximum Gasteiger partial charge on any atom is 0.193 e. The third-order valence-corrected chi connectivity index (χ3v) is 2.98. The van der Waals surface area contributed by atoms with Crippen molar-refractivity contribution in [3.63, 3.8) is 0 Å². The van der Waals surface area contributed by atoms with Crippen molar-refractivity contribution < 1.29 is 4.98 Å². The molecule has 2 N–H and O–H groups in total. The van der Waals surface area contributed by atoms with Gasteiger partial charge in [0.2, 0.25) is 0 Å². The number of fused-ring (bicyclic) bond motifs is 1. The van der Waals surface area contributed by atoms with Crippen LogP contribution in [0.4, 0.5) is 5.69 Å². The molecule has 1 aromatic carbocycles. The largest absolute Gasteiger partial charge is 0.378 e. The number of hydrogen-bond acceptors (Lipinski definition) is 2. The first-order chi connectivity index (χ1) is 8.74. The summed E-state index contributed by atoms with van der Waals surface area (Å²) in [6.07, 6.45) is 3.79. The summed E-state index contributed by atoms with van der Waals surface area (Å²) in [4.78, 5) is 13.0. The van der Waals surface area contributed by atoms with Crippen LogP contribution in [0.3, 0.4) is 0 Å². The summed E-state index contributed by atoms with van der Waals surface area (Å²) < 4.78 is 0. The molecule has 3 rings (SSSR count). The highest BCUT2D eigenvalue weighted by Gasteiger charge is 2.06. The van der Waals surface area contributed by atoms with Gasteiger partial charge in [0.15, 0.2) is 12.4 Å². The van der Waals surface area contributed by atoms with Crippen LogP contribution in [-0.4, -0.2) is 24.1 Å². The molecule has 0 aliphatic rings. The van der Waals surface area contributed by atoms with E-state index in [2.05, 4.69) is 44.1 Å². The first-order valence-corrected chi connectivity index (χ1v) is 5.87. The quantitative estimate of drug-likeness (QED) is 0.744. The number of benzene rings is 1. The number of aromatic nitrogens is 3. The Morgan fingerprint density at radius 2 is 1.89 bits per heavy atom. The van der Waals surface area contributed by atoms with Crippen molar-refractivity contribution in [3.8, 4) is 11.4 Å². The first-order valence-electron chi connectivity index (χ1n) is 5.87. The third kappa shape index (κ3) is 1.82. The van der Waals surface area contributed by atoms with Gasteiger partial charge in [0.1, 0.15) is 16.9 Å². The number of hydrogen-bond donors (Lipinski definition) is 1. The van der Waals surface area contributed by atoms with Gasteiger partial charge < -0.3 is 9.88 Å². The Bertz CT molecular complexity index is 635. The Balaban J connectivity index is 2.03. The molecule has 0 saturated heterocycles. The summed E-state index contributed by atoms with van der Waals surface area (Å²) in [5.41, 5.74) is 4.27. The van der Waals surface area contributed by atoms with Crippen LogP contribution in [0.15, 0.2) is 42.7 Å². The van der Waals surface area contributed by atoms with Crippen molar-refractivity contribution in [1.82, 2.24) is 9.97 Å². The molecule has 0 aliphatic carbocycles. The van der Waals surface area contributed by atoms with Crippen LogP contribution in [0.25, 0.3) is 22.4 Å². The van der Waals surface area contributed by atoms with E-state index in [0.29, 0.717) is 0 Å². The minimum atomic E-state index is 0.898. The predicted octanol–water partition coefficient (Wildman–Crippen LogP) is 2.11. The SMILES string of the molecule is CN(C)c1ccc(-c2nc3cc[nH+]cc3[nH]2)cc1. The molecule has 2 aromatic heterocycles. The predicted molar refractivity (Wildman–Crippen MR) is 72.4 cm³/mol. The lowest BCUT2D eigenvalue weighted by molar-refractivity contribution is -0.376. The van der Waals surface area contributed by atoms with Crippen molar-refractivity contribution in [1.29, 1.82) is 0 Å². The molecule has 90 valence electrons. The van der Waals surface area contributed by atoms with E-state index in [4.69, 9.17) is 0 Å². The van der Waals surface area contributed by atoms with Crippen LogP contribution >= 0.6 is 0 Å². The summed E-state index contributed by atoms with van der Waals surface area (Å²) >= 11 is 0. The molecule has 0 spiro atoms. The van der Waals surface area contributed by atoms with Gasteiger partial charge >= 0.3 is 0 Å². The molecule has 0 fully saturated rings. The van der Waals surface area contributed by atoms with E-state index in [-0.39, 0.29) is 0 Å². The Labute approximate surface area is 105 Å². The van der Waals surface area contributed by atoms with Crippen LogP contribution in [0.2, 0.25) is 0 Å². The first kappa shape index (κ1) is 10.8. The Morgan fingerprint density at radius 3 is 2.56 bits per heavy atom. The van der Waals surface area contributed by atoms with Gasteiger partial charge in [-0.1, -0.05) is 0 Å². The van der Waals surface area contributed by atoms with Crippen LogP contribution in [-0.2, 0) is 0 Å². The van der Waals surface area contributed by atoms with Crippen molar-refractivity contribution in [2.45, 2.75) is 0 Å². The molecular formula is C14H15N4+. The average molecular weight is 239 g/mol. The smallest absolute Gasteiger partial charge is 0.193 e. The standard InChI is InChI=1S/C14H14N4/c1-18(2)11-5-3-10(4-6-11)14-16-12-7-8-15-9-13(12)17-14/h3-9H,1-2H3,(H,16,17)/p+1. The van der Waals surface area contributed by atoms with Gasteiger partial charge in [-0.15, -0.1) is 0 Å². The maximum atomic E-state index is 4.57. The van der Waals surface area contributed by atoms with Gasteiger partial charge in [0.05, 0.1) is 0 Å². The van der Waals surface area contributed by atoms with Gasteiger partial charge in [-0.25, -0.2) is 9.97 Å². The van der Waals surface area contributed by atoms with Gasteiger partial charge in [-0.3, -0.25) is 0 Å². The van der Waals surface area contributed by atoms with Crippen LogP contribution in [0.5, 0.6) is 0 Å². The second kappa shape index (κ2) is 4.14. The van der Waals surface area contributed by atoms with Gasteiger partial charge in [-0.2, -0.15) is 0 Å². The minimum Gasteiger partial charge on any atom is -0.378 e. The lowest BCUT2D eigenvalue weighted by atomic mass is 10.2. The molecule has 0 unspecified atom stereocenters. The van der Waals surface area contributed by atoms with E-state index in [1.807, 2.05) is 32.6 Å². The van der Waals surface area contributed by atoms with Crippen LogP contribution in [0, 0.1) is 0 Å². The number of pyridine rings is 1. The Kier molecular flexibility index (Phi) is 2.48. The fourth-order valence-corrected chi connectivity index (χ4v) is 1.95. The minimum absolute atomic E-state index is 0.898. The number of nitrogens with one attached hydrogen (secondary N) is 2. The van der Waals surface area contributed by atoms with Crippen molar-refractivity contribution in [2.24, 2.45) is 0 Å². The highest BCUT2D eigenvalue weighted by atomic mass is 15.1. The number of aromatic amines is 2. The number of rotatable bonds is 2. The third-order valence-electron chi connectivity index (χ3n) is 2.98. The highest BCUT2D eigenvalue weighted by Crippen LogP contribution is 2.21. The molecule has 2 heterocycles. The van der Waals surface area contributed by atoms with Crippen LogP contribution in [0.1, 0.15) is 0 Å². The summed E-state index contributed by atoms with van der Waals surface area (Å²) in [7, 11) is 4.07. The Morgan fingerprint density at radius 1 is 1.11 bits per heavy atom. The average Bonchev–Trinajstić information content (AvgIpc) is 2.82. The van der Waals surface area contributed by atoms with Crippen molar-refractivity contribution in [3.05, 3.63) is 42.7 Å². The lowest BCUT2D eigenvalue weighted by Gasteiger charge is -2.11. The molecule has 0 aliphatic heterocycles. The Hall–Kier alpha value is -2.36. The van der Waals surface area contributed by atoms with E-state index >= 15 is 0 Å². The van der Waals surface area contributed by atoms with Crippen LogP contribution < -0.4 is 9.88 Å². The molecule has 0 bridgehead atoms. The maximum absolute atomic E-state index is 4.57. The summed E-state index contributed by atoms with van der Waals surface area (Å²) in [5.74, 6) is 0.898. The molecule has 0 amide bonds. The number of nitrogens with zero attached hydrogens (tertiary/aromatic N) is 2. The zero-order chi connectivity index (χ0) is 12.5. The molecule has 3 aromatic rings. The number of anilines is 1. The molecule has 4 heteroatoms. The van der Waals surface area contributed by atoms with Gasteiger partial charge in [0.25, 0.3) is 0 Å². The number of imidazole rings is 1. The second-order valence-electron chi connectivity index (χ2n) is 4.47. The molecule has 18 heavy (non-hydrogen) atoms. The van der Waals surface area contributed by atoms with E-state index < -0.39 is 0 Å². The van der Waals surface area contributed by atoms with E-state index in [1.54, 1.807) is 0 Å². The summed E-state index contributed by atoms with van der Waals surface area (Å²) in [5, 5.41) is 0. The van der Waals surface area contributed by atoms with E-state index in [0.717, 1.165) is 22.4 Å². The molecule has 0 saturated carbocycles. The van der Waals surface area contributed by atoms with E-state index in [1.165, 1.54) is 5.69 Å². The van der Waals surface area contributed by atoms with Gasteiger partial charge in [0, 0.05) is 31.4 Å². The zero-order valence-corrected chi connectivity index (χ0v) is 10.4. The van der Waals surface area contributed by atoms with E-state index in [9.17, 15) is 0 Å². The van der Waals surface area contributed by atoms with Gasteiger partial charge in [-0.05, 0) is 24.3 Å². The second-order valence-corrected chi connectivity index (χ2v) is 4.47. The molecule has 0 radical (unpaired) electrons. The fraction of sp³-hybridized carbons (Fsp3) is 0.143. The molecular weight excluding hydrogens is 224 g/mol. The van der Waals surface area contributed by atoms with Crippen molar-refractivity contribution in [2.75, 3.05) is 19.0 Å². The molecule has 0 atom stereocenters.